The summed E-state index contributed by atoms with van der Waals surface area (Å²) in [6, 6.07) is 11.0. The summed E-state index contributed by atoms with van der Waals surface area (Å²) in [7, 11) is 0. The molecule has 0 radical (unpaired) electrons. The first-order chi connectivity index (χ1) is 11.6. The van der Waals surface area contributed by atoms with Crippen LogP contribution < -0.4 is 15.8 Å². The second-order valence-electron chi connectivity index (χ2n) is 5.03. The highest BCUT2D eigenvalue weighted by Gasteiger charge is 2.13. The Morgan fingerprint density at radius 2 is 2.00 bits per heavy atom. The van der Waals surface area contributed by atoms with E-state index in [1.807, 2.05) is 31.2 Å². The molecule has 0 aliphatic carbocycles. The van der Waals surface area contributed by atoms with Gasteiger partial charge in [0, 0.05) is 6.20 Å². The molecule has 7 heteroatoms. The zero-order chi connectivity index (χ0) is 17.4. The Hall–Kier alpha value is -2.54. The fourth-order valence-electron chi connectivity index (χ4n) is 1.88. The molecule has 0 aliphatic rings. The molecular weight excluding hydrogens is 326 g/mol. The number of amides is 2. The lowest BCUT2D eigenvalue weighted by Gasteiger charge is -2.10. The van der Waals surface area contributed by atoms with Crippen LogP contribution in [-0.2, 0) is 4.79 Å². The van der Waals surface area contributed by atoms with E-state index in [1.54, 1.807) is 18.3 Å². The van der Waals surface area contributed by atoms with Crippen LogP contribution in [-0.4, -0.2) is 35.7 Å². The number of primary amides is 1. The van der Waals surface area contributed by atoms with Crippen LogP contribution in [0, 0.1) is 6.92 Å². The van der Waals surface area contributed by atoms with Gasteiger partial charge in [0.15, 0.2) is 0 Å². The third-order valence-corrected chi connectivity index (χ3v) is 4.07. The van der Waals surface area contributed by atoms with Crippen molar-refractivity contribution >= 4 is 23.6 Å². The summed E-state index contributed by atoms with van der Waals surface area (Å²) in [6.07, 6.45) is 1.57. The maximum absolute atomic E-state index is 12.2. The minimum absolute atomic E-state index is 0.0772. The molecule has 0 fully saturated rings. The Morgan fingerprint density at radius 1 is 1.25 bits per heavy atom. The van der Waals surface area contributed by atoms with Gasteiger partial charge in [0.1, 0.15) is 17.4 Å². The first-order valence-corrected chi connectivity index (χ1v) is 8.38. The third-order valence-electron chi connectivity index (χ3n) is 3.04. The van der Waals surface area contributed by atoms with Gasteiger partial charge in [0.2, 0.25) is 5.91 Å². The molecule has 1 aromatic heterocycles. The molecule has 24 heavy (non-hydrogen) atoms. The van der Waals surface area contributed by atoms with Crippen molar-refractivity contribution in [2.75, 3.05) is 18.9 Å². The molecule has 0 saturated carbocycles. The molecule has 0 saturated heterocycles. The smallest absolute Gasteiger partial charge is 0.254 e. The van der Waals surface area contributed by atoms with Crippen molar-refractivity contribution < 1.29 is 14.3 Å². The van der Waals surface area contributed by atoms with Gasteiger partial charge in [-0.1, -0.05) is 29.5 Å². The number of aryl methyl sites for hydroxylation is 1. The molecule has 1 aromatic carbocycles. The van der Waals surface area contributed by atoms with Gasteiger partial charge < -0.3 is 15.8 Å². The molecule has 2 aromatic rings. The first kappa shape index (κ1) is 17.8. The maximum atomic E-state index is 12.2. The maximum Gasteiger partial charge on any atom is 0.254 e. The standard InChI is InChI=1S/C17H19N3O3S/c1-12-4-6-13(7-5-12)23-10-9-19-16(22)14-3-2-8-20-17(14)24-11-15(18)21/h2-8H,9-11H2,1H3,(H2,18,21)(H,19,22). The lowest BCUT2D eigenvalue weighted by Crippen LogP contribution is -2.28. The molecule has 1 heterocycles. The van der Waals surface area contributed by atoms with Gasteiger partial charge in [0.05, 0.1) is 17.9 Å². The molecule has 0 aliphatic heterocycles. The number of aromatic nitrogens is 1. The van der Waals surface area contributed by atoms with Crippen molar-refractivity contribution in [3.63, 3.8) is 0 Å². The topological polar surface area (TPSA) is 94.3 Å². The van der Waals surface area contributed by atoms with Gasteiger partial charge in [-0.15, -0.1) is 0 Å². The van der Waals surface area contributed by atoms with E-state index in [2.05, 4.69) is 10.3 Å². The van der Waals surface area contributed by atoms with E-state index in [1.165, 1.54) is 0 Å². The highest BCUT2D eigenvalue weighted by Crippen LogP contribution is 2.19. The van der Waals surface area contributed by atoms with Crippen LogP contribution in [0.5, 0.6) is 5.75 Å². The number of carbonyl (C=O) groups excluding carboxylic acids is 2. The summed E-state index contributed by atoms with van der Waals surface area (Å²) >= 11 is 1.14. The zero-order valence-corrected chi connectivity index (χ0v) is 14.1. The van der Waals surface area contributed by atoms with Crippen LogP contribution in [0.25, 0.3) is 0 Å². The number of hydrogen-bond acceptors (Lipinski definition) is 5. The normalized spacial score (nSPS) is 10.2. The number of rotatable bonds is 8. The Kier molecular flexibility index (Phi) is 6.62. The fraction of sp³-hybridized carbons (Fsp3) is 0.235. The van der Waals surface area contributed by atoms with Gasteiger partial charge in [0.25, 0.3) is 5.91 Å². The average Bonchev–Trinajstić information content (AvgIpc) is 2.58. The first-order valence-electron chi connectivity index (χ1n) is 7.40. The zero-order valence-electron chi connectivity index (χ0n) is 13.3. The van der Waals surface area contributed by atoms with E-state index in [0.717, 1.165) is 23.1 Å². The van der Waals surface area contributed by atoms with Crippen molar-refractivity contribution in [3.05, 3.63) is 53.7 Å². The Labute approximate surface area is 144 Å². The van der Waals surface area contributed by atoms with Crippen molar-refractivity contribution in [2.24, 2.45) is 5.73 Å². The highest BCUT2D eigenvalue weighted by molar-refractivity contribution is 8.00. The number of pyridine rings is 1. The van der Waals surface area contributed by atoms with Crippen molar-refractivity contribution in [2.45, 2.75) is 11.9 Å². The lowest BCUT2D eigenvalue weighted by molar-refractivity contribution is -0.115. The second-order valence-corrected chi connectivity index (χ2v) is 5.99. The van der Waals surface area contributed by atoms with Gasteiger partial charge in [-0.25, -0.2) is 4.98 Å². The Bertz CT molecular complexity index is 704. The van der Waals surface area contributed by atoms with E-state index in [4.69, 9.17) is 10.5 Å². The van der Waals surface area contributed by atoms with E-state index >= 15 is 0 Å². The van der Waals surface area contributed by atoms with Crippen LogP contribution in [0.3, 0.4) is 0 Å². The average molecular weight is 345 g/mol. The SMILES string of the molecule is Cc1ccc(OCCNC(=O)c2cccnc2SCC(N)=O)cc1. The number of thioether (sulfide) groups is 1. The minimum Gasteiger partial charge on any atom is -0.492 e. The third kappa shape index (κ3) is 5.58. The summed E-state index contributed by atoms with van der Waals surface area (Å²) in [5.41, 5.74) is 6.70. The molecule has 0 bridgehead atoms. The number of ether oxygens (including phenoxy) is 1. The summed E-state index contributed by atoms with van der Waals surface area (Å²) in [6.45, 7) is 2.73. The number of carbonyl (C=O) groups is 2. The monoisotopic (exact) mass is 345 g/mol. The number of hydrogen-bond donors (Lipinski definition) is 2. The Morgan fingerprint density at radius 3 is 2.71 bits per heavy atom. The molecule has 2 amide bonds. The van der Waals surface area contributed by atoms with Crippen molar-refractivity contribution in [1.82, 2.24) is 10.3 Å². The van der Waals surface area contributed by atoms with Crippen LogP contribution in [0.15, 0.2) is 47.6 Å². The fourth-order valence-corrected chi connectivity index (χ4v) is 2.61. The molecular formula is C17H19N3O3S. The van der Waals surface area contributed by atoms with Gasteiger partial charge in [-0.2, -0.15) is 0 Å². The van der Waals surface area contributed by atoms with Crippen LogP contribution in [0.1, 0.15) is 15.9 Å². The Balaban J connectivity index is 1.84. The van der Waals surface area contributed by atoms with Gasteiger partial charge in [-0.3, -0.25) is 9.59 Å². The summed E-state index contributed by atoms with van der Waals surface area (Å²) in [5.74, 6) is 0.119. The van der Waals surface area contributed by atoms with Crippen LogP contribution in [0.2, 0.25) is 0 Å². The predicted molar refractivity (Wildman–Crippen MR) is 93.2 cm³/mol. The molecule has 6 nitrogen and oxygen atoms in total. The van der Waals surface area contributed by atoms with Gasteiger partial charge in [-0.05, 0) is 31.2 Å². The van der Waals surface area contributed by atoms with E-state index in [-0.39, 0.29) is 11.7 Å². The predicted octanol–water partition coefficient (Wildman–Crippen LogP) is 1.78. The largest absolute Gasteiger partial charge is 0.492 e. The molecule has 3 N–H and O–H groups in total. The molecule has 0 spiro atoms. The van der Waals surface area contributed by atoms with Crippen molar-refractivity contribution in [3.8, 4) is 5.75 Å². The van der Waals surface area contributed by atoms with Gasteiger partial charge >= 0.3 is 0 Å². The summed E-state index contributed by atoms with van der Waals surface area (Å²) < 4.78 is 5.56. The summed E-state index contributed by atoms with van der Waals surface area (Å²) in [4.78, 5) is 27.2. The molecule has 2 rings (SSSR count). The second kappa shape index (κ2) is 8.93. The number of nitrogens with one attached hydrogen (secondary N) is 1. The number of nitrogens with two attached hydrogens (primary N) is 1. The van der Waals surface area contributed by atoms with E-state index in [0.29, 0.717) is 23.7 Å². The van der Waals surface area contributed by atoms with Crippen LogP contribution >= 0.6 is 11.8 Å². The lowest BCUT2D eigenvalue weighted by atomic mass is 10.2. The molecule has 0 atom stereocenters. The van der Waals surface area contributed by atoms with E-state index in [9.17, 15) is 9.59 Å². The minimum atomic E-state index is -0.455. The van der Waals surface area contributed by atoms with E-state index < -0.39 is 5.91 Å². The quantitative estimate of drug-likeness (QED) is 0.562. The molecule has 0 unspecified atom stereocenters. The highest BCUT2D eigenvalue weighted by atomic mass is 32.2. The van der Waals surface area contributed by atoms with Crippen molar-refractivity contribution in [1.29, 1.82) is 0 Å². The summed E-state index contributed by atoms with van der Waals surface area (Å²) in [5, 5.41) is 3.26. The number of nitrogens with zero attached hydrogens (tertiary/aromatic N) is 1. The molecule has 126 valence electrons. The number of benzene rings is 1. The van der Waals surface area contributed by atoms with Crippen LogP contribution in [0.4, 0.5) is 0 Å².